The van der Waals surface area contributed by atoms with Crippen molar-refractivity contribution in [3.63, 3.8) is 0 Å². The van der Waals surface area contributed by atoms with Gasteiger partial charge in [-0.1, -0.05) is 42.8 Å². The number of nitrogens with zero attached hydrogens (tertiary/aromatic N) is 1. The van der Waals surface area contributed by atoms with Crippen LogP contribution in [-0.4, -0.2) is 33.7 Å². The van der Waals surface area contributed by atoms with E-state index in [-0.39, 0.29) is 19.0 Å². The molecule has 0 heterocycles. The Labute approximate surface area is 153 Å². The third kappa shape index (κ3) is 5.21. The molecule has 0 unspecified atom stereocenters. The van der Waals surface area contributed by atoms with Crippen molar-refractivity contribution in [1.82, 2.24) is 5.32 Å². The number of anilines is 1. The van der Waals surface area contributed by atoms with Gasteiger partial charge in [0.1, 0.15) is 0 Å². The van der Waals surface area contributed by atoms with E-state index in [1.807, 2.05) is 19.1 Å². The molecule has 0 aromatic heterocycles. The minimum atomic E-state index is -3.46. The van der Waals surface area contributed by atoms with Crippen LogP contribution in [0, 0.1) is 0 Å². The quantitative estimate of drug-likeness (QED) is 0.802. The minimum Gasteiger partial charge on any atom is -0.350 e. The molecule has 1 amide bonds. The summed E-state index contributed by atoms with van der Waals surface area (Å²) in [6.07, 6.45) is 1.88. The van der Waals surface area contributed by atoms with Gasteiger partial charge in [0.2, 0.25) is 10.0 Å². The number of rotatable bonds is 7. The number of halogens is 1. The number of nitrogens with one attached hydrogen (secondary N) is 1. The lowest BCUT2D eigenvalue weighted by molar-refractivity contribution is 0.0955. The third-order valence-electron chi connectivity index (χ3n) is 3.73. The van der Waals surface area contributed by atoms with E-state index < -0.39 is 10.0 Å². The highest BCUT2D eigenvalue weighted by Crippen LogP contribution is 2.23. The molecule has 5 nitrogen and oxygen atoms in total. The lowest BCUT2D eigenvalue weighted by atomic mass is 10.1. The van der Waals surface area contributed by atoms with Gasteiger partial charge in [-0.15, -0.1) is 0 Å². The van der Waals surface area contributed by atoms with Crippen LogP contribution >= 0.6 is 11.6 Å². The first kappa shape index (κ1) is 19.3. The molecule has 0 radical (unpaired) electrons. The van der Waals surface area contributed by atoms with Gasteiger partial charge in [-0.3, -0.25) is 9.10 Å². The van der Waals surface area contributed by atoms with Gasteiger partial charge in [0, 0.05) is 17.1 Å². The monoisotopic (exact) mass is 380 g/mol. The number of carbonyl (C=O) groups is 1. The number of amides is 1. The summed E-state index contributed by atoms with van der Waals surface area (Å²) in [4.78, 5) is 12.1. The first-order valence-electron chi connectivity index (χ1n) is 7.92. The summed E-state index contributed by atoms with van der Waals surface area (Å²) >= 11 is 5.88. The standard InChI is InChI=1S/C18H21ClN2O3S/c1-3-14-7-4-5-10-17(14)21(25(2,23)24)12-11-20-18(22)15-8-6-9-16(19)13-15/h4-10,13H,3,11-12H2,1-2H3,(H,20,22). The summed E-state index contributed by atoms with van der Waals surface area (Å²) in [5, 5.41) is 3.21. The average molecular weight is 381 g/mol. The van der Waals surface area contributed by atoms with Gasteiger partial charge in [-0.25, -0.2) is 8.42 Å². The summed E-state index contributed by atoms with van der Waals surface area (Å²) in [6.45, 7) is 2.32. The van der Waals surface area contributed by atoms with Crippen molar-refractivity contribution in [3.8, 4) is 0 Å². The number of hydrogen-bond donors (Lipinski definition) is 1. The number of benzene rings is 2. The molecule has 7 heteroatoms. The number of para-hydroxylation sites is 1. The lowest BCUT2D eigenvalue weighted by Crippen LogP contribution is -2.38. The molecular formula is C18H21ClN2O3S. The highest BCUT2D eigenvalue weighted by Gasteiger charge is 2.19. The molecule has 0 spiro atoms. The predicted molar refractivity (Wildman–Crippen MR) is 102 cm³/mol. The molecule has 1 N–H and O–H groups in total. The van der Waals surface area contributed by atoms with Gasteiger partial charge in [-0.2, -0.15) is 0 Å². The Balaban J connectivity index is 2.10. The van der Waals surface area contributed by atoms with Crippen LogP contribution in [0.1, 0.15) is 22.8 Å². The Bertz CT molecular complexity index is 853. The molecule has 0 saturated heterocycles. The molecule has 0 aliphatic carbocycles. The molecule has 2 aromatic carbocycles. The Hall–Kier alpha value is -2.05. The Morgan fingerprint density at radius 1 is 1.16 bits per heavy atom. The smallest absolute Gasteiger partial charge is 0.251 e. The second-order valence-corrected chi connectivity index (χ2v) is 7.93. The Morgan fingerprint density at radius 2 is 1.88 bits per heavy atom. The van der Waals surface area contributed by atoms with E-state index >= 15 is 0 Å². The summed E-state index contributed by atoms with van der Waals surface area (Å²) in [5.74, 6) is -0.292. The van der Waals surface area contributed by atoms with Crippen LogP contribution < -0.4 is 9.62 Å². The Morgan fingerprint density at radius 3 is 2.52 bits per heavy atom. The summed E-state index contributed by atoms with van der Waals surface area (Å²) in [7, 11) is -3.46. The van der Waals surface area contributed by atoms with Gasteiger partial charge in [-0.05, 0) is 36.2 Å². The summed E-state index contributed by atoms with van der Waals surface area (Å²) in [5.41, 5.74) is 2.02. The minimum absolute atomic E-state index is 0.155. The Kier molecular flexibility index (Phi) is 6.45. The van der Waals surface area contributed by atoms with E-state index in [0.717, 1.165) is 18.2 Å². The van der Waals surface area contributed by atoms with Crippen LogP contribution in [0.5, 0.6) is 0 Å². The normalized spacial score (nSPS) is 11.2. The van der Waals surface area contributed by atoms with Crippen molar-refractivity contribution in [3.05, 3.63) is 64.7 Å². The van der Waals surface area contributed by atoms with Crippen molar-refractivity contribution in [2.24, 2.45) is 0 Å². The first-order valence-corrected chi connectivity index (χ1v) is 10.1. The second-order valence-electron chi connectivity index (χ2n) is 5.58. The molecule has 0 saturated carbocycles. The van der Waals surface area contributed by atoms with Gasteiger partial charge >= 0.3 is 0 Å². The van der Waals surface area contributed by atoms with E-state index in [2.05, 4.69) is 5.32 Å². The van der Waals surface area contributed by atoms with Crippen molar-refractivity contribution in [2.45, 2.75) is 13.3 Å². The molecular weight excluding hydrogens is 360 g/mol. The van der Waals surface area contributed by atoms with Gasteiger partial charge in [0.15, 0.2) is 0 Å². The molecule has 2 rings (SSSR count). The molecule has 0 atom stereocenters. The van der Waals surface area contributed by atoms with E-state index in [0.29, 0.717) is 16.3 Å². The maximum Gasteiger partial charge on any atom is 0.251 e. The summed E-state index contributed by atoms with van der Waals surface area (Å²) in [6, 6.07) is 14.0. The first-order chi connectivity index (χ1) is 11.8. The van der Waals surface area contributed by atoms with Gasteiger partial charge < -0.3 is 5.32 Å². The molecule has 134 valence electrons. The maximum atomic E-state index is 12.2. The zero-order valence-corrected chi connectivity index (χ0v) is 15.8. The van der Waals surface area contributed by atoms with Crippen molar-refractivity contribution >= 4 is 33.2 Å². The third-order valence-corrected chi connectivity index (χ3v) is 5.14. The van der Waals surface area contributed by atoms with Crippen LogP contribution in [0.2, 0.25) is 5.02 Å². The average Bonchev–Trinajstić information content (AvgIpc) is 2.57. The lowest BCUT2D eigenvalue weighted by Gasteiger charge is -2.24. The zero-order chi connectivity index (χ0) is 18.4. The molecule has 0 aliphatic rings. The van der Waals surface area contributed by atoms with Crippen LogP contribution in [0.15, 0.2) is 48.5 Å². The van der Waals surface area contributed by atoms with Crippen LogP contribution in [-0.2, 0) is 16.4 Å². The number of hydrogen-bond acceptors (Lipinski definition) is 3. The zero-order valence-electron chi connectivity index (χ0n) is 14.2. The number of carbonyl (C=O) groups excluding carboxylic acids is 1. The highest BCUT2D eigenvalue weighted by molar-refractivity contribution is 7.92. The van der Waals surface area contributed by atoms with Crippen molar-refractivity contribution in [2.75, 3.05) is 23.7 Å². The van der Waals surface area contributed by atoms with Crippen molar-refractivity contribution in [1.29, 1.82) is 0 Å². The topological polar surface area (TPSA) is 66.5 Å². The molecule has 25 heavy (non-hydrogen) atoms. The second kappa shape index (κ2) is 8.36. The van der Waals surface area contributed by atoms with Crippen LogP contribution in [0.25, 0.3) is 0 Å². The fraction of sp³-hybridized carbons (Fsp3) is 0.278. The van der Waals surface area contributed by atoms with Crippen LogP contribution in [0.3, 0.4) is 0 Å². The predicted octanol–water partition coefficient (Wildman–Crippen LogP) is 3.10. The molecule has 2 aromatic rings. The fourth-order valence-electron chi connectivity index (χ4n) is 2.52. The molecule has 0 fully saturated rings. The van der Waals surface area contributed by atoms with Crippen LogP contribution in [0.4, 0.5) is 5.69 Å². The number of aryl methyl sites for hydroxylation is 1. The highest BCUT2D eigenvalue weighted by atomic mass is 35.5. The van der Waals surface area contributed by atoms with E-state index in [1.165, 1.54) is 4.31 Å². The molecule has 0 aliphatic heterocycles. The van der Waals surface area contributed by atoms with E-state index in [1.54, 1.807) is 36.4 Å². The van der Waals surface area contributed by atoms with Crippen molar-refractivity contribution < 1.29 is 13.2 Å². The van der Waals surface area contributed by atoms with Gasteiger partial charge in [0.05, 0.1) is 18.5 Å². The van der Waals surface area contributed by atoms with Gasteiger partial charge in [0.25, 0.3) is 5.91 Å². The molecule has 0 bridgehead atoms. The SMILES string of the molecule is CCc1ccccc1N(CCNC(=O)c1cccc(Cl)c1)S(C)(=O)=O. The summed E-state index contributed by atoms with van der Waals surface area (Å²) < 4.78 is 25.7. The maximum absolute atomic E-state index is 12.2. The van der Waals surface area contributed by atoms with E-state index in [4.69, 9.17) is 11.6 Å². The largest absolute Gasteiger partial charge is 0.350 e. The van der Waals surface area contributed by atoms with E-state index in [9.17, 15) is 13.2 Å². The number of sulfonamides is 1. The fourth-order valence-corrected chi connectivity index (χ4v) is 3.67.